The number of imidazole rings is 1. The predicted octanol–water partition coefficient (Wildman–Crippen LogP) is 1.51. The Kier molecular flexibility index (Phi) is 2.20. The molecule has 0 fully saturated rings. The Hall–Kier alpha value is -1.43. The van der Waals surface area contributed by atoms with E-state index in [4.69, 9.17) is 0 Å². The molecule has 1 N–H and O–H groups in total. The number of H-pyrrole nitrogens is 1. The molecule has 0 aliphatic carbocycles. The highest BCUT2D eigenvalue weighted by molar-refractivity contribution is 9.10. The molecule has 0 radical (unpaired) electrons. The molecule has 0 amide bonds. The second-order valence-electron chi connectivity index (χ2n) is 2.60. The summed E-state index contributed by atoms with van der Waals surface area (Å²) in [6, 6.07) is 1.79. The molecule has 0 spiro atoms. The third-order valence-electron chi connectivity index (χ3n) is 1.68. The molecule has 2 heterocycles. The molecule has 72 valence electrons. The molecule has 6 heteroatoms. The van der Waals surface area contributed by atoms with Gasteiger partial charge in [0.25, 0.3) is 0 Å². The smallest absolute Gasteiger partial charge is 0.374 e. The lowest BCUT2D eigenvalue weighted by Crippen LogP contribution is -2.02. The molecule has 0 atom stereocenters. The Morgan fingerprint density at radius 2 is 2.43 bits per heavy atom. The Balaban J connectivity index is 2.56. The molecule has 2 rings (SSSR count). The molecule has 0 aliphatic heterocycles. The summed E-state index contributed by atoms with van der Waals surface area (Å²) in [4.78, 5) is 21.9. The maximum Gasteiger partial charge on any atom is 0.374 e. The minimum Gasteiger partial charge on any atom is -0.463 e. The van der Waals surface area contributed by atoms with Crippen LogP contribution in [-0.2, 0) is 4.74 Å². The minimum absolute atomic E-state index is 0.160. The molecule has 0 bridgehead atoms. The van der Waals surface area contributed by atoms with E-state index in [1.54, 1.807) is 12.3 Å². The Bertz CT molecular complexity index is 494. The molecular weight excluding hydrogens is 250 g/mol. The zero-order valence-electron chi connectivity index (χ0n) is 7.24. The average molecular weight is 256 g/mol. The summed E-state index contributed by atoms with van der Waals surface area (Å²) < 4.78 is 5.35. The van der Waals surface area contributed by atoms with Gasteiger partial charge in [0.15, 0.2) is 5.65 Å². The van der Waals surface area contributed by atoms with E-state index in [-0.39, 0.29) is 5.82 Å². The van der Waals surface area contributed by atoms with E-state index in [1.807, 2.05) is 0 Å². The molecule has 5 nitrogen and oxygen atoms in total. The van der Waals surface area contributed by atoms with E-state index in [2.05, 4.69) is 35.6 Å². The lowest BCUT2D eigenvalue weighted by molar-refractivity contribution is 0.0588. The third kappa shape index (κ3) is 1.48. The number of nitrogens with one attached hydrogen (secondary N) is 1. The van der Waals surface area contributed by atoms with Crippen LogP contribution in [0.1, 0.15) is 10.6 Å². The van der Waals surface area contributed by atoms with Crippen LogP contribution in [0.2, 0.25) is 0 Å². The van der Waals surface area contributed by atoms with E-state index < -0.39 is 5.97 Å². The fourth-order valence-electron chi connectivity index (χ4n) is 1.07. The largest absolute Gasteiger partial charge is 0.463 e. The summed E-state index contributed by atoms with van der Waals surface area (Å²) in [6.07, 6.45) is 1.62. The van der Waals surface area contributed by atoms with Gasteiger partial charge in [0.1, 0.15) is 0 Å². The van der Waals surface area contributed by atoms with Gasteiger partial charge >= 0.3 is 5.97 Å². The summed E-state index contributed by atoms with van der Waals surface area (Å²) in [5.41, 5.74) is 1.19. The van der Waals surface area contributed by atoms with Crippen molar-refractivity contribution < 1.29 is 9.53 Å². The molecule has 0 saturated carbocycles. The minimum atomic E-state index is -0.501. The summed E-state index contributed by atoms with van der Waals surface area (Å²) in [5.74, 6) is -0.341. The Morgan fingerprint density at radius 1 is 1.64 bits per heavy atom. The van der Waals surface area contributed by atoms with Crippen LogP contribution in [0, 0.1) is 0 Å². The predicted molar refractivity (Wildman–Crippen MR) is 52.9 cm³/mol. The number of nitrogens with zero attached hydrogens (tertiary/aromatic N) is 2. The van der Waals surface area contributed by atoms with E-state index >= 15 is 0 Å². The van der Waals surface area contributed by atoms with Crippen molar-refractivity contribution in [2.75, 3.05) is 7.11 Å². The van der Waals surface area contributed by atoms with Crippen molar-refractivity contribution in [3.8, 4) is 0 Å². The average Bonchev–Trinajstić information content (AvgIpc) is 2.59. The fraction of sp³-hybridized carbons (Fsp3) is 0.125. The van der Waals surface area contributed by atoms with Gasteiger partial charge in [0.05, 0.1) is 12.6 Å². The van der Waals surface area contributed by atoms with Crippen LogP contribution in [-0.4, -0.2) is 28.0 Å². The molecule has 0 aliphatic rings. The lowest BCUT2D eigenvalue weighted by Gasteiger charge is -1.90. The second kappa shape index (κ2) is 3.38. The van der Waals surface area contributed by atoms with Gasteiger partial charge in [-0.3, -0.25) is 0 Å². The molecule has 0 aromatic carbocycles. The van der Waals surface area contributed by atoms with Crippen molar-refractivity contribution in [1.82, 2.24) is 15.0 Å². The second-order valence-corrected chi connectivity index (χ2v) is 3.52. The van der Waals surface area contributed by atoms with Crippen molar-refractivity contribution in [2.24, 2.45) is 0 Å². The molecule has 2 aromatic rings. The van der Waals surface area contributed by atoms with Crippen LogP contribution >= 0.6 is 15.9 Å². The first-order chi connectivity index (χ1) is 6.70. The van der Waals surface area contributed by atoms with Crippen LogP contribution in [0.25, 0.3) is 11.2 Å². The van der Waals surface area contributed by atoms with Gasteiger partial charge in [-0.2, -0.15) is 0 Å². The summed E-state index contributed by atoms with van der Waals surface area (Å²) in [6.45, 7) is 0. The quantitative estimate of drug-likeness (QED) is 0.785. The maximum atomic E-state index is 11.1. The normalized spacial score (nSPS) is 10.4. The van der Waals surface area contributed by atoms with Gasteiger partial charge in [0.2, 0.25) is 5.82 Å². The monoisotopic (exact) mass is 255 g/mol. The maximum absolute atomic E-state index is 11.1. The van der Waals surface area contributed by atoms with E-state index in [9.17, 15) is 4.79 Å². The number of halogens is 1. The Morgan fingerprint density at radius 3 is 3.14 bits per heavy atom. The van der Waals surface area contributed by atoms with Crippen molar-refractivity contribution in [2.45, 2.75) is 0 Å². The summed E-state index contributed by atoms with van der Waals surface area (Å²) in [5, 5.41) is 0. The topological polar surface area (TPSA) is 67.9 Å². The van der Waals surface area contributed by atoms with Crippen molar-refractivity contribution in [3.05, 3.63) is 22.6 Å². The van der Waals surface area contributed by atoms with Gasteiger partial charge in [-0.25, -0.2) is 14.8 Å². The Labute approximate surface area is 87.6 Å². The van der Waals surface area contributed by atoms with Crippen LogP contribution in [0.4, 0.5) is 0 Å². The third-order valence-corrected chi connectivity index (χ3v) is 2.12. The van der Waals surface area contributed by atoms with Gasteiger partial charge in [-0.05, 0) is 22.0 Å². The number of methoxy groups -OCH3 is 1. The number of ether oxygens (including phenoxy) is 1. The first-order valence-corrected chi connectivity index (χ1v) is 4.59. The molecule has 2 aromatic heterocycles. The number of carbonyl (C=O) groups excluding carboxylic acids is 1. The van der Waals surface area contributed by atoms with Gasteiger partial charge < -0.3 is 9.72 Å². The van der Waals surface area contributed by atoms with Gasteiger partial charge in [0, 0.05) is 10.7 Å². The molecule has 0 saturated heterocycles. The van der Waals surface area contributed by atoms with Crippen molar-refractivity contribution >= 4 is 33.1 Å². The van der Waals surface area contributed by atoms with Gasteiger partial charge in [-0.1, -0.05) is 0 Å². The first kappa shape index (κ1) is 9.14. The van der Waals surface area contributed by atoms with Crippen LogP contribution in [0.5, 0.6) is 0 Å². The molecule has 14 heavy (non-hydrogen) atoms. The highest BCUT2D eigenvalue weighted by atomic mass is 79.9. The summed E-state index contributed by atoms with van der Waals surface area (Å²) in [7, 11) is 1.30. The van der Waals surface area contributed by atoms with E-state index in [0.717, 1.165) is 4.47 Å². The number of carbonyl (C=O) groups is 1. The zero-order chi connectivity index (χ0) is 10.1. The van der Waals surface area contributed by atoms with Crippen LogP contribution in [0.15, 0.2) is 16.7 Å². The van der Waals surface area contributed by atoms with Crippen molar-refractivity contribution in [1.29, 1.82) is 0 Å². The number of hydrogen-bond acceptors (Lipinski definition) is 4. The number of hydrogen-bond donors (Lipinski definition) is 1. The van der Waals surface area contributed by atoms with Gasteiger partial charge in [-0.15, -0.1) is 0 Å². The fourth-order valence-corrected chi connectivity index (χ4v) is 1.40. The first-order valence-electron chi connectivity index (χ1n) is 3.80. The van der Waals surface area contributed by atoms with Crippen LogP contribution < -0.4 is 0 Å². The number of aromatic amines is 1. The van der Waals surface area contributed by atoms with Crippen LogP contribution in [0.3, 0.4) is 0 Å². The standard InChI is InChI=1S/C8H6BrN3O2/c1-14-8(13)7-11-5-2-4(9)3-10-6(5)12-7/h2-3H,1H3,(H,10,11,12). The highest BCUT2D eigenvalue weighted by Gasteiger charge is 2.11. The molecular formula is C8H6BrN3O2. The van der Waals surface area contributed by atoms with E-state index in [1.165, 1.54) is 7.11 Å². The SMILES string of the molecule is COC(=O)c1nc2ncc(Br)cc2[nH]1. The van der Waals surface area contributed by atoms with Crippen molar-refractivity contribution in [3.63, 3.8) is 0 Å². The number of pyridine rings is 1. The lowest BCUT2D eigenvalue weighted by atomic mass is 10.4. The van der Waals surface area contributed by atoms with E-state index in [0.29, 0.717) is 11.2 Å². The number of esters is 1. The number of fused-ring (bicyclic) bond motifs is 1. The molecule has 0 unspecified atom stereocenters. The zero-order valence-corrected chi connectivity index (χ0v) is 8.83. The number of aromatic nitrogens is 3. The number of rotatable bonds is 1. The highest BCUT2D eigenvalue weighted by Crippen LogP contribution is 2.15. The summed E-state index contributed by atoms with van der Waals surface area (Å²) >= 11 is 3.27.